The monoisotopic (exact) mass is 553 g/mol. The number of nitrogens with one attached hydrogen (secondary N) is 2. The molecule has 11 nitrogen and oxygen atoms in total. The molecule has 196 valence electrons. The summed E-state index contributed by atoms with van der Waals surface area (Å²) in [6.45, 7) is 0. The molecular weight excluding hydrogens is 530 g/mol. The van der Waals surface area contributed by atoms with Crippen LogP contribution in [0.1, 0.15) is 30.0 Å². The standard InChI is InChI=1S/C25H23N5O6S2/c1-30-23-12-11-20(38(34,35)36)15-21(23)22(16-24(30)17-5-3-2-4-6-17)28-29-37(32,33)19-9-7-18(8-10-19)27-25(31)13-14-26/h2-12,15,24,29H,13,16H2,1H3,(H,27,31)(H,34,35,36). The van der Waals surface area contributed by atoms with Gasteiger partial charge < -0.3 is 10.2 Å². The van der Waals surface area contributed by atoms with Gasteiger partial charge in [-0.15, -0.1) is 0 Å². The summed E-state index contributed by atoms with van der Waals surface area (Å²) in [5, 5.41) is 15.2. The number of carbonyl (C=O) groups is 1. The van der Waals surface area contributed by atoms with E-state index in [-0.39, 0.29) is 34.4 Å². The molecule has 0 saturated heterocycles. The highest BCUT2D eigenvalue weighted by Gasteiger charge is 2.31. The maximum absolute atomic E-state index is 13.0. The van der Waals surface area contributed by atoms with Gasteiger partial charge >= 0.3 is 0 Å². The average Bonchev–Trinajstić information content (AvgIpc) is 2.88. The number of carbonyl (C=O) groups excluding carboxylic acids is 1. The summed E-state index contributed by atoms with van der Waals surface area (Å²) in [4.78, 5) is 15.3. The van der Waals surface area contributed by atoms with E-state index >= 15 is 0 Å². The van der Waals surface area contributed by atoms with Gasteiger partial charge in [-0.3, -0.25) is 9.35 Å². The molecule has 0 radical (unpaired) electrons. The number of hydrogen-bond acceptors (Lipinski definition) is 8. The van der Waals surface area contributed by atoms with Gasteiger partial charge in [0, 0.05) is 30.4 Å². The van der Waals surface area contributed by atoms with Gasteiger partial charge in [0.15, 0.2) is 0 Å². The predicted octanol–water partition coefficient (Wildman–Crippen LogP) is 3.05. The molecule has 1 atom stereocenters. The Balaban J connectivity index is 1.68. The number of hydrogen-bond donors (Lipinski definition) is 3. The fourth-order valence-corrected chi connectivity index (χ4v) is 5.43. The Morgan fingerprint density at radius 3 is 2.34 bits per heavy atom. The quantitative estimate of drug-likeness (QED) is 0.296. The van der Waals surface area contributed by atoms with Gasteiger partial charge in [0.25, 0.3) is 20.1 Å². The molecule has 1 heterocycles. The van der Waals surface area contributed by atoms with Crippen molar-refractivity contribution in [3.05, 3.63) is 83.9 Å². The van der Waals surface area contributed by atoms with E-state index in [4.69, 9.17) is 5.26 Å². The molecule has 1 amide bonds. The van der Waals surface area contributed by atoms with Gasteiger partial charge in [-0.05, 0) is 48.0 Å². The van der Waals surface area contributed by atoms with Crippen LogP contribution in [-0.4, -0.2) is 40.1 Å². The number of anilines is 2. The highest BCUT2D eigenvalue weighted by Crippen LogP contribution is 2.38. The van der Waals surface area contributed by atoms with Crippen molar-refractivity contribution in [3.63, 3.8) is 0 Å². The minimum atomic E-state index is -4.51. The summed E-state index contributed by atoms with van der Waals surface area (Å²) in [5.74, 6) is -0.522. The van der Waals surface area contributed by atoms with Gasteiger partial charge in [-0.1, -0.05) is 30.3 Å². The number of amides is 1. The molecule has 13 heteroatoms. The number of fused-ring (bicyclic) bond motifs is 1. The maximum atomic E-state index is 13.0. The molecule has 0 saturated carbocycles. The summed E-state index contributed by atoms with van der Waals surface area (Å²) >= 11 is 0. The van der Waals surface area contributed by atoms with Crippen molar-refractivity contribution >= 4 is 43.1 Å². The molecule has 0 fully saturated rings. The van der Waals surface area contributed by atoms with E-state index in [0.717, 1.165) is 5.56 Å². The maximum Gasteiger partial charge on any atom is 0.294 e. The molecule has 38 heavy (non-hydrogen) atoms. The molecule has 3 N–H and O–H groups in total. The van der Waals surface area contributed by atoms with Crippen LogP contribution < -0.4 is 15.0 Å². The van der Waals surface area contributed by atoms with Crippen LogP contribution in [0.3, 0.4) is 0 Å². The largest absolute Gasteiger partial charge is 0.367 e. The Morgan fingerprint density at radius 2 is 1.71 bits per heavy atom. The van der Waals surface area contributed by atoms with E-state index in [1.807, 2.05) is 42.3 Å². The van der Waals surface area contributed by atoms with Crippen molar-refractivity contribution in [2.24, 2.45) is 5.10 Å². The summed E-state index contributed by atoms with van der Waals surface area (Å²) < 4.78 is 59.0. The Hall–Kier alpha value is -4.25. The Kier molecular flexibility index (Phi) is 7.49. The Labute approximate surface area is 220 Å². The lowest BCUT2D eigenvalue weighted by Crippen LogP contribution is -2.34. The van der Waals surface area contributed by atoms with Crippen molar-refractivity contribution in [2.75, 3.05) is 17.3 Å². The zero-order valence-electron chi connectivity index (χ0n) is 20.1. The number of hydrazone groups is 1. The first kappa shape index (κ1) is 26.8. The second-order valence-corrected chi connectivity index (χ2v) is 11.5. The Morgan fingerprint density at radius 1 is 1.05 bits per heavy atom. The van der Waals surface area contributed by atoms with Gasteiger partial charge in [-0.2, -0.15) is 32.0 Å². The van der Waals surface area contributed by atoms with Crippen molar-refractivity contribution in [1.29, 1.82) is 5.26 Å². The van der Waals surface area contributed by atoms with Crippen LogP contribution in [0.15, 0.2) is 87.7 Å². The summed E-state index contributed by atoms with van der Waals surface area (Å²) in [7, 11) is -6.81. The normalized spacial score (nSPS) is 16.4. The van der Waals surface area contributed by atoms with Crippen LogP contribution in [0.4, 0.5) is 11.4 Å². The van der Waals surface area contributed by atoms with E-state index in [2.05, 4.69) is 15.2 Å². The van der Waals surface area contributed by atoms with E-state index in [0.29, 0.717) is 16.9 Å². The van der Waals surface area contributed by atoms with E-state index < -0.39 is 26.0 Å². The zero-order chi connectivity index (χ0) is 27.5. The van der Waals surface area contributed by atoms with Gasteiger partial charge in [0.2, 0.25) is 5.91 Å². The highest BCUT2D eigenvalue weighted by molar-refractivity contribution is 7.89. The van der Waals surface area contributed by atoms with Crippen molar-refractivity contribution < 1.29 is 26.2 Å². The topological polar surface area (TPSA) is 169 Å². The fourth-order valence-electron chi connectivity index (χ4n) is 4.10. The fraction of sp³-hybridized carbons (Fsp3) is 0.160. The molecule has 3 aromatic carbocycles. The third-order valence-corrected chi connectivity index (χ3v) is 8.06. The van der Waals surface area contributed by atoms with Crippen LogP contribution in [0.5, 0.6) is 0 Å². The van der Waals surface area contributed by atoms with E-state index in [1.165, 1.54) is 42.5 Å². The van der Waals surface area contributed by atoms with Crippen LogP contribution in [0, 0.1) is 11.3 Å². The molecule has 1 aliphatic heterocycles. The lowest BCUT2D eigenvalue weighted by atomic mass is 9.90. The second-order valence-electron chi connectivity index (χ2n) is 8.46. The summed E-state index contributed by atoms with van der Waals surface area (Å²) in [6.07, 6.45) is -0.0894. The van der Waals surface area contributed by atoms with Gasteiger partial charge in [-0.25, -0.2) is 0 Å². The van der Waals surface area contributed by atoms with Crippen LogP contribution >= 0.6 is 0 Å². The highest BCUT2D eigenvalue weighted by atomic mass is 32.2. The Bertz CT molecular complexity index is 1650. The first-order valence-electron chi connectivity index (χ1n) is 11.2. The molecular formula is C25H23N5O6S2. The molecule has 0 aliphatic carbocycles. The first-order chi connectivity index (χ1) is 18.0. The molecule has 1 unspecified atom stereocenters. The summed E-state index contributed by atoms with van der Waals surface area (Å²) in [5.41, 5.74) is 2.51. The summed E-state index contributed by atoms with van der Waals surface area (Å²) in [6, 6.07) is 20.4. The third kappa shape index (κ3) is 5.83. The number of nitriles is 1. The predicted molar refractivity (Wildman–Crippen MR) is 141 cm³/mol. The third-order valence-electron chi connectivity index (χ3n) is 5.98. The lowest BCUT2D eigenvalue weighted by molar-refractivity contribution is -0.115. The second kappa shape index (κ2) is 10.6. The number of benzene rings is 3. The van der Waals surface area contributed by atoms with Crippen LogP contribution in [0.25, 0.3) is 0 Å². The van der Waals surface area contributed by atoms with Gasteiger partial charge in [0.1, 0.15) is 6.42 Å². The molecule has 3 aromatic rings. The van der Waals surface area contributed by atoms with Crippen molar-refractivity contribution in [1.82, 2.24) is 4.83 Å². The molecule has 0 aromatic heterocycles. The number of rotatable bonds is 7. The molecule has 0 spiro atoms. The van der Waals surface area contributed by atoms with E-state index in [9.17, 15) is 26.2 Å². The van der Waals surface area contributed by atoms with E-state index in [1.54, 1.807) is 6.07 Å². The molecule has 0 bridgehead atoms. The smallest absolute Gasteiger partial charge is 0.294 e. The van der Waals surface area contributed by atoms with Crippen molar-refractivity contribution in [2.45, 2.75) is 28.7 Å². The molecule has 4 rings (SSSR count). The van der Waals surface area contributed by atoms with Gasteiger partial charge in [0.05, 0.1) is 27.6 Å². The minimum Gasteiger partial charge on any atom is -0.367 e. The van der Waals surface area contributed by atoms with Crippen molar-refractivity contribution in [3.8, 4) is 6.07 Å². The average molecular weight is 554 g/mol. The first-order valence-corrected chi connectivity index (χ1v) is 14.2. The number of nitrogens with zero attached hydrogens (tertiary/aromatic N) is 3. The lowest BCUT2D eigenvalue weighted by Gasteiger charge is -2.37. The van der Waals surface area contributed by atoms with Crippen LogP contribution in [0.2, 0.25) is 0 Å². The minimum absolute atomic E-state index is 0.125. The van der Waals surface area contributed by atoms with Crippen LogP contribution in [-0.2, 0) is 24.9 Å². The SMILES string of the molecule is CN1c2ccc(S(=O)(=O)O)cc2C(=NNS(=O)(=O)c2ccc(NC(=O)CC#N)cc2)CC1c1ccccc1. The zero-order valence-corrected chi connectivity index (χ0v) is 21.7. The number of sulfonamides is 1. The molecule has 1 aliphatic rings.